The van der Waals surface area contributed by atoms with Crippen LogP contribution in [-0.4, -0.2) is 35.1 Å². The van der Waals surface area contributed by atoms with E-state index < -0.39 is 6.55 Å². The second-order valence-electron chi connectivity index (χ2n) is 3.57. The lowest BCUT2D eigenvalue weighted by Gasteiger charge is -2.09. The molecule has 0 atom stereocenters. The van der Waals surface area contributed by atoms with Crippen LogP contribution in [0.1, 0.15) is 26.2 Å². The number of rotatable bonds is 6. The van der Waals surface area contributed by atoms with Crippen molar-refractivity contribution >= 4 is 5.96 Å². The zero-order chi connectivity index (χ0) is 13.4. The van der Waals surface area contributed by atoms with E-state index in [9.17, 15) is 8.78 Å². The minimum absolute atomic E-state index is 0.348. The summed E-state index contributed by atoms with van der Waals surface area (Å²) in [6.07, 6.45) is 3.04. The number of alkyl halides is 2. The molecule has 0 fully saturated rings. The van der Waals surface area contributed by atoms with Crippen LogP contribution in [0.5, 0.6) is 0 Å². The highest BCUT2D eigenvalue weighted by molar-refractivity contribution is 5.79. The first-order chi connectivity index (χ1) is 8.69. The Bertz CT molecular complexity index is 367. The molecule has 7 heteroatoms. The maximum atomic E-state index is 12.6. The standard InChI is InChI=1S/C11H19F2N5/c1-3-14-11(15-4-2)17-6-5-9-16-7-8-18(9)10(12)13/h7-8,10H,3-6H2,1-2H3,(H2,14,15,17). The Morgan fingerprint density at radius 3 is 2.61 bits per heavy atom. The van der Waals surface area contributed by atoms with E-state index >= 15 is 0 Å². The van der Waals surface area contributed by atoms with Gasteiger partial charge in [-0.2, -0.15) is 8.78 Å². The predicted molar refractivity (Wildman–Crippen MR) is 66.8 cm³/mol. The van der Waals surface area contributed by atoms with Crippen LogP contribution in [-0.2, 0) is 6.42 Å². The van der Waals surface area contributed by atoms with E-state index in [1.807, 2.05) is 13.8 Å². The molecule has 0 radical (unpaired) electrons. The van der Waals surface area contributed by atoms with Gasteiger partial charge in [0.1, 0.15) is 5.82 Å². The van der Waals surface area contributed by atoms with Crippen LogP contribution in [0, 0.1) is 0 Å². The molecule has 2 N–H and O–H groups in total. The van der Waals surface area contributed by atoms with E-state index in [0.29, 0.717) is 24.7 Å². The summed E-state index contributed by atoms with van der Waals surface area (Å²) in [5.41, 5.74) is 0. The van der Waals surface area contributed by atoms with Crippen molar-refractivity contribution in [2.24, 2.45) is 4.99 Å². The zero-order valence-corrected chi connectivity index (χ0v) is 10.7. The highest BCUT2D eigenvalue weighted by atomic mass is 19.3. The van der Waals surface area contributed by atoms with Crippen molar-refractivity contribution in [3.05, 3.63) is 18.2 Å². The third kappa shape index (κ3) is 4.31. The molecule has 1 heterocycles. The van der Waals surface area contributed by atoms with Crippen molar-refractivity contribution in [2.75, 3.05) is 19.6 Å². The molecule has 1 aromatic heterocycles. The summed E-state index contributed by atoms with van der Waals surface area (Å²) < 4.78 is 26.0. The summed E-state index contributed by atoms with van der Waals surface area (Å²) in [5, 5.41) is 6.13. The van der Waals surface area contributed by atoms with E-state index in [-0.39, 0.29) is 0 Å². The van der Waals surface area contributed by atoms with Gasteiger partial charge in [0, 0.05) is 38.4 Å². The van der Waals surface area contributed by atoms with E-state index in [1.54, 1.807) is 0 Å². The van der Waals surface area contributed by atoms with E-state index in [1.165, 1.54) is 12.4 Å². The molecular weight excluding hydrogens is 240 g/mol. The van der Waals surface area contributed by atoms with Gasteiger partial charge in [-0.3, -0.25) is 9.56 Å². The van der Waals surface area contributed by atoms with Crippen LogP contribution in [0.2, 0.25) is 0 Å². The maximum absolute atomic E-state index is 12.6. The van der Waals surface area contributed by atoms with Gasteiger partial charge in [-0.15, -0.1) is 0 Å². The number of imidazole rings is 1. The summed E-state index contributed by atoms with van der Waals surface area (Å²) >= 11 is 0. The van der Waals surface area contributed by atoms with E-state index in [0.717, 1.165) is 17.7 Å². The predicted octanol–water partition coefficient (Wildman–Crippen LogP) is 1.40. The second-order valence-corrected chi connectivity index (χ2v) is 3.57. The Labute approximate surface area is 105 Å². The SMILES string of the molecule is CCNC(=NCCc1nccn1C(F)F)NCC. The highest BCUT2D eigenvalue weighted by Crippen LogP contribution is 2.12. The largest absolute Gasteiger partial charge is 0.357 e. The van der Waals surface area contributed by atoms with Gasteiger partial charge in [0.15, 0.2) is 5.96 Å². The first-order valence-corrected chi connectivity index (χ1v) is 6.01. The molecule has 0 saturated heterocycles. The molecule has 18 heavy (non-hydrogen) atoms. The normalized spacial score (nSPS) is 10.5. The van der Waals surface area contributed by atoms with Crippen LogP contribution < -0.4 is 10.6 Å². The van der Waals surface area contributed by atoms with Crippen LogP contribution >= 0.6 is 0 Å². The summed E-state index contributed by atoms with van der Waals surface area (Å²) in [5.74, 6) is 1.04. The van der Waals surface area contributed by atoms with Crippen LogP contribution in [0.4, 0.5) is 8.78 Å². The van der Waals surface area contributed by atoms with Crippen molar-refractivity contribution < 1.29 is 8.78 Å². The van der Waals surface area contributed by atoms with Gasteiger partial charge in [0.2, 0.25) is 0 Å². The highest BCUT2D eigenvalue weighted by Gasteiger charge is 2.10. The molecule has 102 valence electrons. The van der Waals surface area contributed by atoms with Crippen LogP contribution in [0.25, 0.3) is 0 Å². The maximum Gasteiger partial charge on any atom is 0.319 e. The molecule has 0 bridgehead atoms. The van der Waals surface area contributed by atoms with Crippen molar-refractivity contribution in [3.63, 3.8) is 0 Å². The van der Waals surface area contributed by atoms with E-state index in [2.05, 4.69) is 20.6 Å². The van der Waals surface area contributed by atoms with Crippen molar-refractivity contribution in [1.82, 2.24) is 20.2 Å². The lowest BCUT2D eigenvalue weighted by molar-refractivity contribution is 0.0671. The van der Waals surface area contributed by atoms with Gasteiger partial charge in [-0.05, 0) is 13.8 Å². The topological polar surface area (TPSA) is 54.2 Å². The average Bonchev–Trinajstić information content (AvgIpc) is 2.78. The summed E-state index contributed by atoms with van der Waals surface area (Å²) in [6, 6.07) is 0. The molecular formula is C11H19F2N5. The zero-order valence-electron chi connectivity index (χ0n) is 10.7. The fourth-order valence-electron chi connectivity index (χ4n) is 1.49. The number of hydrogen-bond acceptors (Lipinski definition) is 2. The first kappa shape index (κ1) is 14.4. The number of halogens is 2. The third-order valence-electron chi connectivity index (χ3n) is 2.25. The summed E-state index contributed by atoms with van der Waals surface area (Å²) in [6.45, 7) is 3.33. The minimum Gasteiger partial charge on any atom is -0.357 e. The number of nitrogens with one attached hydrogen (secondary N) is 2. The molecule has 1 aromatic rings. The monoisotopic (exact) mass is 259 g/mol. The summed E-state index contributed by atoms with van der Waals surface area (Å²) in [7, 11) is 0. The molecule has 5 nitrogen and oxygen atoms in total. The van der Waals surface area contributed by atoms with E-state index in [4.69, 9.17) is 0 Å². The minimum atomic E-state index is -2.55. The Hall–Kier alpha value is -1.66. The Morgan fingerprint density at radius 1 is 1.39 bits per heavy atom. The molecule has 0 aromatic carbocycles. The lowest BCUT2D eigenvalue weighted by atomic mass is 10.4. The number of hydrogen-bond donors (Lipinski definition) is 2. The van der Waals surface area contributed by atoms with Gasteiger partial charge in [0.25, 0.3) is 0 Å². The average molecular weight is 259 g/mol. The third-order valence-corrected chi connectivity index (χ3v) is 2.25. The van der Waals surface area contributed by atoms with Gasteiger partial charge < -0.3 is 10.6 Å². The number of aliphatic imine (C=N–C) groups is 1. The van der Waals surface area contributed by atoms with Crippen molar-refractivity contribution in [3.8, 4) is 0 Å². The first-order valence-electron chi connectivity index (χ1n) is 6.01. The number of guanidine groups is 1. The molecule has 0 unspecified atom stereocenters. The molecule has 0 saturated carbocycles. The quantitative estimate of drug-likeness (QED) is 0.599. The van der Waals surface area contributed by atoms with Gasteiger partial charge in [-0.1, -0.05) is 0 Å². The second kappa shape index (κ2) is 7.62. The Morgan fingerprint density at radius 2 is 2.06 bits per heavy atom. The fraction of sp³-hybridized carbons (Fsp3) is 0.636. The number of aromatic nitrogens is 2. The smallest absolute Gasteiger partial charge is 0.319 e. The molecule has 0 aliphatic carbocycles. The van der Waals surface area contributed by atoms with Gasteiger partial charge in [-0.25, -0.2) is 4.98 Å². The summed E-state index contributed by atoms with van der Waals surface area (Å²) in [4.78, 5) is 8.17. The number of nitrogens with zero attached hydrogens (tertiary/aromatic N) is 3. The van der Waals surface area contributed by atoms with Gasteiger partial charge in [0.05, 0.1) is 0 Å². The molecule has 1 rings (SSSR count). The molecule has 0 spiro atoms. The Balaban J connectivity index is 2.53. The van der Waals surface area contributed by atoms with Crippen molar-refractivity contribution in [2.45, 2.75) is 26.8 Å². The van der Waals surface area contributed by atoms with Crippen LogP contribution in [0.15, 0.2) is 17.4 Å². The van der Waals surface area contributed by atoms with Gasteiger partial charge >= 0.3 is 6.55 Å². The molecule has 0 amide bonds. The Kier molecular flexibility index (Phi) is 6.10. The van der Waals surface area contributed by atoms with Crippen LogP contribution in [0.3, 0.4) is 0 Å². The fourth-order valence-corrected chi connectivity index (χ4v) is 1.49. The van der Waals surface area contributed by atoms with Crippen molar-refractivity contribution in [1.29, 1.82) is 0 Å². The molecule has 0 aliphatic heterocycles. The lowest BCUT2D eigenvalue weighted by Crippen LogP contribution is -2.37. The molecule has 0 aliphatic rings.